The average Bonchev–Trinajstić information content (AvgIpc) is 3.71. The highest BCUT2D eigenvalue weighted by Gasteiger charge is 2.56. The molecule has 3 fully saturated rings. The number of aryl methyl sites for hydroxylation is 2. The molecule has 5 rings (SSSR count). The minimum absolute atomic E-state index is 0.0228. The molecule has 2 heterocycles. The lowest BCUT2D eigenvalue weighted by atomic mass is 9.86. The molecule has 2 N–H and O–H groups in total. The van der Waals surface area contributed by atoms with Gasteiger partial charge in [-0.15, -0.1) is 0 Å². The molecule has 0 radical (unpaired) electrons. The maximum atomic E-state index is 14.7. The molecule has 2 aliphatic carbocycles. The second-order valence-corrected chi connectivity index (χ2v) is 15.7. The van der Waals surface area contributed by atoms with Crippen LogP contribution in [-0.4, -0.2) is 90.0 Å². The Hall–Kier alpha value is -3.80. The van der Waals surface area contributed by atoms with E-state index in [9.17, 15) is 24.0 Å². The minimum atomic E-state index is -1.12. The molecule has 2 saturated carbocycles. The molecule has 1 saturated heterocycles. The van der Waals surface area contributed by atoms with Gasteiger partial charge in [-0.05, 0) is 82.1 Å². The van der Waals surface area contributed by atoms with Gasteiger partial charge in [-0.2, -0.15) is 0 Å². The minimum Gasteiger partial charge on any atom is -0.496 e. The standard InChI is InChI=1S/C39H56N4O8/c1-8-31(44)33(46)28(18-26-14-15-26)40-36(47)30-21-39(20-29(42-51-39)27-16-23(2)34(49-6)24(3)17-27)22-43(30)37(48)35(38(4,5)50-7)41-32(45)19-25-12-10-9-11-13-25/h16-17,25-26,28,30,35H,8-15,18-22H2,1-7H3,(H,40,47)(H,41,45)/t28-,30-,35+,39+/m0/s1. The lowest BCUT2D eigenvalue weighted by Crippen LogP contribution is -2.62. The molecule has 1 aromatic rings. The predicted molar refractivity (Wildman–Crippen MR) is 191 cm³/mol. The van der Waals surface area contributed by atoms with Gasteiger partial charge in [-0.3, -0.25) is 24.0 Å². The van der Waals surface area contributed by atoms with Gasteiger partial charge in [-0.25, -0.2) is 0 Å². The van der Waals surface area contributed by atoms with Gasteiger partial charge in [0.25, 0.3) is 0 Å². The number of rotatable bonds is 15. The quantitative estimate of drug-likeness (QED) is 0.253. The Balaban J connectivity index is 1.43. The van der Waals surface area contributed by atoms with Gasteiger partial charge in [0, 0.05) is 38.4 Å². The number of likely N-dealkylation sites (tertiary alicyclic amines) is 1. The second kappa shape index (κ2) is 15.8. The smallest absolute Gasteiger partial charge is 0.248 e. The number of carbonyl (C=O) groups is 5. The van der Waals surface area contributed by atoms with Crippen molar-refractivity contribution in [2.75, 3.05) is 20.8 Å². The molecule has 51 heavy (non-hydrogen) atoms. The Morgan fingerprint density at radius 2 is 1.67 bits per heavy atom. The summed E-state index contributed by atoms with van der Waals surface area (Å²) in [5.41, 5.74) is 1.27. The Kier molecular flexibility index (Phi) is 11.9. The number of ketones is 2. The Morgan fingerprint density at radius 3 is 2.25 bits per heavy atom. The molecule has 1 aromatic carbocycles. The summed E-state index contributed by atoms with van der Waals surface area (Å²) in [5.74, 6) is -1.12. The molecular formula is C39H56N4O8. The number of methoxy groups -OCH3 is 2. The van der Waals surface area contributed by atoms with Crippen LogP contribution in [0.5, 0.6) is 5.75 Å². The van der Waals surface area contributed by atoms with Crippen LogP contribution in [0.15, 0.2) is 17.3 Å². The SMILES string of the molecule is CCC(=O)C(=O)[C@H](CC1CC1)NC(=O)[C@@H]1C[C@]2(CC(c3cc(C)c(OC)c(C)c3)=NO2)CN1C(=O)[C@@H](NC(=O)CC1CCCCC1)C(C)(C)OC. The van der Waals surface area contributed by atoms with E-state index in [1.807, 2.05) is 26.0 Å². The molecule has 3 amide bonds. The van der Waals surface area contributed by atoms with Gasteiger partial charge >= 0.3 is 0 Å². The molecular weight excluding hydrogens is 652 g/mol. The van der Waals surface area contributed by atoms with E-state index < -0.39 is 52.7 Å². The summed E-state index contributed by atoms with van der Waals surface area (Å²) >= 11 is 0. The first-order valence-electron chi connectivity index (χ1n) is 18.6. The average molecular weight is 709 g/mol. The van der Waals surface area contributed by atoms with Crippen LogP contribution in [0.4, 0.5) is 0 Å². The van der Waals surface area contributed by atoms with E-state index in [1.54, 1.807) is 27.9 Å². The zero-order valence-electron chi connectivity index (χ0n) is 31.4. The third-order valence-electron chi connectivity index (χ3n) is 11.3. The van der Waals surface area contributed by atoms with E-state index in [4.69, 9.17) is 14.3 Å². The summed E-state index contributed by atoms with van der Waals surface area (Å²) in [7, 11) is 3.12. The number of amides is 3. The number of ether oxygens (including phenoxy) is 2. The zero-order chi connectivity index (χ0) is 37.1. The fraction of sp³-hybridized carbons (Fsp3) is 0.692. The molecule has 4 atom stereocenters. The van der Waals surface area contributed by atoms with Crippen molar-refractivity contribution in [1.29, 1.82) is 0 Å². The molecule has 1 spiro atoms. The van der Waals surface area contributed by atoms with E-state index in [-0.39, 0.29) is 37.1 Å². The third-order valence-corrected chi connectivity index (χ3v) is 11.3. The van der Waals surface area contributed by atoms with Gasteiger partial charge in [0.15, 0.2) is 11.4 Å². The van der Waals surface area contributed by atoms with Crippen LogP contribution in [-0.2, 0) is 33.5 Å². The van der Waals surface area contributed by atoms with Gasteiger partial charge in [0.2, 0.25) is 23.5 Å². The van der Waals surface area contributed by atoms with Crippen LogP contribution in [0.2, 0.25) is 0 Å². The van der Waals surface area contributed by atoms with Gasteiger partial charge < -0.3 is 29.8 Å². The van der Waals surface area contributed by atoms with Gasteiger partial charge in [0.1, 0.15) is 17.8 Å². The third kappa shape index (κ3) is 8.81. The lowest BCUT2D eigenvalue weighted by Gasteiger charge is -2.37. The maximum absolute atomic E-state index is 14.7. The van der Waals surface area contributed by atoms with Crippen LogP contribution in [0.3, 0.4) is 0 Å². The second-order valence-electron chi connectivity index (χ2n) is 15.7. The van der Waals surface area contributed by atoms with E-state index in [1.165, 1.54) is 18.4 Å². The van der Waals surface area contributed by atoms with Crippen LogP contribution >= 0.6 is 0 Å². The van der Waals surface area contributed by atoms with Crippen molar-refractivity contribution in [1.82, 2.24) is 15.5 Å². The number of oxime groups is 1. The van der Waals surface area contributed by atoms with E-state index >= 15 is 0 Å². The van der Waals surface area contributed by atoms with Crippen molar-refractivity contribution in [2.45, 2.75) is 141 Å². The normalized spacial score (nSPS) is 23.3. The van der Waals surface area contributed by atoms with Gasteiger partial charge in [-0.1, -0.05) is 44.2 Å². The summed E-state index contributed by atoms with van der Waals surface area (Å²) in [6.07, 6.45) is 8.33. The Labute approximate surface area is 301 Å². The summed E-state index contributed by atoms with van der Waals surface area (Å²) in [6.45, 7) is 9.04. The van der Waals surface area contributed by atoms with Crippen LogP contribution in [0.25, 0.3) is 0 Å². The number of carbonyl (C=O) groups excluding carboxylic acids is 5. The number of hydrogen-bond acceptors (Lipinski definition) is 9. The first-order chi connectivity index (χ1) is 24.2. The van der Waals surface area contributed by atoms with Crippen LogP contribution < -0.4 is 15.4 Å². The summed E-state index contributed by atoms with van der Waals surface area (Å²) in [5, 5.41) is 10.3. The molecule has 0 aromatic heterocycles. The Morgan fingerprint density at radius 1 is 1.00 bits per heavy atom. The fourth-order valence-electron chi connectivity index (χ4n) is 7.97. The summed E-state index contributed by atoms with van der Waals surface area (Å²) < 4.78 is 11.3. The van der Waals surface area contributed by atoms with E-state index in [0.29, 0.717) is 25.0 Å². The molecule has 0 bridgehead atoms. The van der Waals surface area contributed by atoms with Crippen LogP contribution in [0, 0.1) is 25.7 Å². The number of benzene rings is 1. The number of Topliss-reactive ketones (excluding diaryl/α,β-unsaturated/α-hetero) is 2. The summed E-state index contributed by atoms with van der Waals surface area (Å²) in [4.78, 5) is 75.7. The zero-order valence-corrected chi connectivity index (χ0v) is 31.4. The fourth-order valence-corrected chi connectivity index (χ4v) is 7.97. The first-order valence-corrected chi connectivity index (χ1v) is 18.6. The number of nitrogens with zero attached hydrogens (tertiary/aromatic N) is 2. The van der Waals surface area contributed by atoms with E-state index in [2.05, 4.69) is 15.8 Å². The monoisotopic (exact) mass is 708 g/mol. The highest BCUT2D eigenvalue weighted by molar-refractivity contribution is 6.39. The molecule has 0 unspecified atom stereocenters. The molecule has 12 heteroatoms. The van der Waals surface area contributed by atoms with Crippen molar-refractivity contribution in [3.8, 4) is 5.75 Å². The van der Waals surface area contributed by atoms with Crippen molar-refractivity contribution in [3.63, 3.8) is 0 Å². The van der Waals surface area contributed by atoms with Crippen molar-refractivity contribution < 1.29 is 38.3 Å². The molecule has 2 aliphatic heterocycles. The van der Waals surface area contributed by atoms with Crippen molar-refractivity contribution in [2.24, 2.45) is 17.0 Å². The molecule has 280 valence electrons. The molecule has 12 nitrogen and oxygen atoms in total. The molecule has 4 aliphatic rings. The van der Waals surface area contributed by atoms with Gasteiger partial charge in [0.05, 0.1) is 31.0 Å². The highest BCUT2D eigenvalue weighted by Crippen LogP contribution is 2.41. The van der Waals surface area contributed by atoms with Crippen molar-refractivity contribution in [3.05, 3.63) is 28.8 Å². The predicted octanol–water partition coefficient (Wildman–Crippen LogP) is 4.49. The number of hydrogen-bond donors (Lipinski definition) is 2. The topological polar surface area (TPSA) is 153 Å². The number of nitrogens with one attached hydrogen (secondary N) is 2. The Bertz CT molecular complexity index is 1520. The highest BCUT2D eigenvalue weighted by atomic mass is 16.7. The maximum Gasteiger partial charge on any atom is 0.248 e. The first kappa shape index (κ1) is 38.4. The van der Waals surface area contributed by atoms with E-state index in [0.717, 1.165) is 61.0 Å². The van der Waals surface area contributed by atoms with Crippen LogP contribution in [0.1, 0.15) is 115 Å². The van der Waals surface area contributed by atoms with Crippen molar-refractivity contribution >= 4 is 35.0 Å². The lowest BCUT2D eigenvalue weighted by molar-refractivity contribution is -0.149. The largest absolute Gasteiger partial charge is 0.496 e. The summed E-state index contributed by atoms with van der Waals surface area (Å²) in [6, 6.07) is 0.820.